The summed E-state index contributed by atoms with van der Waals surface area (Å²) in [5.74, 6) is 0. The van der Waals surface area contributed by atoms with Gasteiger partial charge in [0.1, 0.15) is 11.7 Å². The molecule has 0 amide bonds. The van der Waals surface area contributed by atoms with E-state index in [9.17, 15) is 5.26 Å². The van der Waals surface area contributed by atoms with Gasteiger partial charge in [-0.1, -0.05) is 0 Å². The molecule has 3 N–H and O–H groups in total. The standard InChI is InChI=1S/C13H15N5/c1-13(15)4-2-6-18(13)10-3-5-16-12-11(10)9(7-14)8-17-12/h3,5,8H,2,4,6,15H2,1H3,(H,16,17)/t13-/m0/s1. The average molecular weight is 241 g/mol. The van der Waals surface area contributed by atoms with Gasteiger partial charge in [-0.3, -0.25) is 0 Å². The second-order valence-corrected chi connectivity index (χ2v) is 4.98. The van der Waals surface area contributed by atoms with E-state index in [1.165, 1.54) is 0 Å². The van der Waals surface area contributed by atoms with Crippen molar-refractivity contribution in [3.05, 3.63) is 24.0 Å². The van der Waals surface area contributed by atoms with Crippen molar-refractivity contribution < 1.29 is 0 Å². The first-order valence-electron chi connectivity index (χ1n) is 6.06. The maximum atomic E-state index is 9.17. The molecule has 0 spiro atoms. The lowest BCUT2D eigenvalue weighted by atomic mass is 10.1. The van der Waals surface area contributed by atoms with Gasteiger partial charge in [-0.05, 0) is 25.8 Å². The SMILES string of the molecule is C[C@@]1(N)CCCN1c1ccnc2[nH]cc(C#N)c12. The molecule has 0 radical (unpaired) electrons. The van der Waals surface area contributed by atoms with E-state index in [1.807, 2.05) is 13.0 Å². The average Bonchev–Trinajstić information content (AvgIpc) is 2.91. The molecule has 0 aliphatic carbocycles. The first kappa shape index (κ1) is 11.1. The molecule has 1 aliphatic heterocycles. The molecule has 2 aromatic heterocycles. The number of nitriles is 1. The number of pyridine rings is 1. The summed E-state index contributed by atoms with van der Waals surface area (Å²) in [6.45, 7) is 2.95. The summed E-state index contributed by atoms with van der Waals surface area (Å²) >= 11 is 0. The van der Waals surface area contributed by atoms with Crippen molar-refractivity contribution in [1.82, 2.24) is 9.97 Å². The summed E-state index contributed by atoms with van der Waals surface area (Å²) in [6, 6.07) is 4.14. The molecular weight excluding hydrogens is 226 g/mol. The molecule has 5 nitrogen and oxygen atoms in total. The number of anilines is 1. The van der Waals surface area contributed by atoms with E-state index in [0.29, 0.717) is 5.56 Å². The van der Waals surface area contributed by atoms with E-state index in [2.05, 4.69) is 20.9 Å². The lowest BCUT2D eigenvalue weighted by Crippen LogP contribution is -2.49. The molecule has 1 fully saturated rings. The topological polar surface area (TPSA) is 81.7 Å². The Bertz CT molecular complexity index is 634. The second kappa shape index (κ2) is 3.72. The van der Waals surface area contributed by atoms with Crippen molar-refractivity contribution in [2.75, 3.05) is 11.4 Å². The number of nitrogens with two attached hydrogens (primary N) is 1. The molecule has 5 heteroatoms. The zero-order chi connectivity index (χ0) is 12.8. The Morgan fingerprint density at radius 3 is 3.11 bits per heavy atom. The van der Waals surface area contributed by atoms with Crippen LogP contribution in [-0.2, 0) is 0 Å². The normalized spacial score (nSPS) is 23.5. The summed E-state index contributed by atoms with van der Waals surface area (Å²) in [7, 11) is 0. The molecule has 92 valence electrons. The van der Waals surface area contributed by atoms with E-state index < -0.39 is 0 Å². The number of nitrogens with zero attached hydrogens (tertiary/aromatic N) is 3. The summed E-state index contributed by atoms with van der Waals surface area (Å²) in [5, 5.41) is 10.0. The van der Waals surface area contributed by atoms with Gasteiger partial charge >= 0.3 is 0 Å². The number of hydrogen-bond acceptors (Lipinski definition) is 4. The van der Waals surface area contributed by atoms with E-state index in [4.69, 9.17) is 5.73 Å². The van der Waals surface area contributed by atoms with Crippen LogP contribution in [-0.4, -0.2) is 22.2 Å². The maximum absolute atomic E-state index is 9.17. The van der Waals surface area contributed by atoms with Crippen molar-refractivity contribution in [3.8, 4) is 6.07 Å². The van der Waals surface area contributed by atoms with Crippen LogP contribution in [0.3, 0.4) is 0 Å². The fourth-order valence-corrected chi connectivity index (χ4v) is 2.73. The number of H-pyrrole nitrogens is 1. The predicted octanol–water partition coefficient (Wildman–Crippen LogP) is 1.71. The second-order valence-electron chi connectivity index (χ2n) is 4.98. The van der Waals surface area contributed by atoms with Gasteiger partial charge in [0.15, 0.2) is 0 Å². The number of hydrogen-bond donors (Lipinski definition) is 2. The van der Waals surface area contributed by atoms with Crippen molar-refractivity contribution in [2.24, 2.45) is 5.73 Å². The lowest BCUT2D eigenvalue weighted by Gasteiger charge is -2.33. The van der Waals surface area contributed by atoms with Gasteiger partial charge in [0, 0.05) is 18.9 Å². The summed E-state index contributed by atoms with van der Waals surface area (Å²) < 4.78 is 0. The first-order chi connectivity index (χ1) is 8.63. The predicted molar refractivity (Wildman–Crippen MR) is 70.0 cm³/mol. The van der Waals surface area contributed by atoms with E-state index in [0.717, 1.165) is 36.1 Å². The van der Waals surface area contributed by atoms with Crippen LogP contribution in [0.1, 0.15) is 25.3 Å². The van der Waals surface area contributed by atoms with Gasteiger partial charge in [-0.15, -0.1) is 0 Å². The minimum Gasteiger partial charge on any atom is -0.353 e. The number of nitrogens with one attached hydrogen (secondary N) is 1. The summed E-state index contributed by atoms with van der Waals surface area (Å²) in [5.41, 5.74) is 8.33. The van der Waals surface area contributed by atoms with Crippen LogP contribution in [0.25, 0.3) is 11.0 Å². The van der Waals surface area contributed by atoms with Crippen LogP contribution in [0.2, 0.25) is 0 Å². The Balaban J connectivity index is 2.23. The molecule has 3 rings (SSSR count). The fourth-order valence-electron chi connectivity index (χ4n) is 2.73. The van der Waals surface area contributed by atoms with Crippen molar-refractivity contribution >= 4 is 16.7 Å². The summed E-state index contributed by atoms with van der Waals surface area (Å²) in [6.07, 6.45) is 5.49. The summed E-state index contributed by atoms with van der Waals surface area (Å²) in [4.78, 5) is 9.46. The van der Waals surface area contributed by atoms with Crippen LogP contribution in [0.15, 0.2) is 18.5 Å². The molecule has 1 saturated heterocycles. The van der Waals surface area contributed by atoms with Crippen molar-refractivity contribution in [1.29, 1.82) is 5.26 Å². The Kier molecular flexibility index (Phi) is 2.28. The van der Waals surface area contributed by atoms with Gasteiger partial charge in [-0.2, -0.15) is 5.26 Å². The molecule has 0 aromatic carbocycles. The van der Waals surface area contributed by atoms with Gasteiger partial charge in [-0.25, -0.2) is 4.98 Å². The van der Waals surface area contributed by atoms with E-state index >= 15 is 0 Å². The van der Waals surface area contributed by atoms with Gasteiger partial charge in [0.2, 0.25) is 0 Å². The number of aromatic amines is 1. The molecule has 2 aromatic rings. The van der Waals surface area contributed by atoms with Gasteiger partial charge < -0.3 is 15.6 Å². The number of aromatic nitrogens is 2. The van der Waals surface area contributed by atoms with Crippen LogP contribution >= 0.6 is 0 Å². The number of rotatable bonds is 1. The Labute approximate surface area is 105 Å². The minimum atomic E-state index is -0.349. The van der Waals surface area contributed by atoms with Gasteiger partial charge in [0.25, 0.3) is 0 Å². The highest BCUT2D eigenvalue weighted by molar-refractivity contribution is 5.95. The Morgan fingerprint density at radius 1 is 1.61 bits per heavy atom. The van der Waals surface area contributed by atoms with Gasteiger partial charge in [0.05, 0.1) is 22.3 Å². The molecular formula is C13H15N5. The number of fused-ring (bicyclic) bond motifs is 1. The Morgan fingerprint density at radius 2 is 2.44 bits per heavy atom. The lowest BCUT2D eigenvalue weighted by molar-refractivity contribution is 0.490. The molecule has 0 saturated carbocycles. The highest BCUT2D eigenvalue weighted by Crippen LogP contribution is 2.35. The third-order valence-corrected chi connectivity index (χ3v) is 3.64. The largest absolute Gasteiger partial charge is 0.353 e. The smallest absolute Gasteiger partial charge is 0.140 e. The van der Waals surface area contributed by atoms with E-state index in [-0.39, 0.29) is 5.66 Å². The molecule has 3 heterocycles. The molecule has 18 heavy (non-hydrogen) atoms. The monoisotopic (exact) mass is 241 g/mol. The highest BCUT2D eigenvalue weighted by atomic mass is 15.3. The highest BCUT2D eigenvalue weighted by Gasteiger charge is 2.34. The minimum absolute atomic E-state index is 0.349. The van der Waals surface area contributed by atoms with Crippen LogP contribution in [0.4, 0.5) is 5.69 Å². The van der Waals surface area contributed by atoms with Crippen molar-refractivity contribution in [3.63, 3.8) is 0 Å². The zero-order valence-corrected chi connectivity index (χ0v) is 10.3. The molecule has 1 atom stereocenters. The fraction of sp³-hybridized carbons (Fsp3) is 0.385. The van der Waals surface area contributed by atoms with Crippen LogP contribution in [0, 0.1) is 11.3 Å². The molecule has 1 aliphatic rings. The molecule has 0 bridgehead atoms. The quantitative estimate of drug-likeness (QED) is 0.796. The third-order valence-electron chi connectivity index (χ3n) is 3.64. The Hall–Kier alpha value is -2.06. The van der Waals surface area contributed by atoms with Crippen molar-refractivity contribution in [2.45, 2.75) is 25.4 Å². The van der Waals surface area contributed by atoms with Crippen LogP contribution in [0.5, 0.6) is 0 Å². The zero-order valence-electron chi connectivity index (χ0n) is 10.3. The first-order valence-corrected chi connectivity index (χ1v) is 6.06. The third kappa shape index (κ3) is 1.46. The van der Waals surface area contributed by atoms with E-state index in [1.54, 1.807) is 12.4 Å². The molecule has 0 unspecified atom stereocenters. The van der Waals surface area contributed by atoms with Crippen LogP contribution < -0.4 is 10.6 Å². The maximum Gasteiger partial charge on any atom is 0.140 e.